The lowest BCUT2D eigenvalue weighted by atomic mass is 10.0. The molecule has 5 nitrogen and oxygen atoms in total. The Kier molecular flexibility index (Phi) is 4.55. The first kappa shape index (κ1) is 17.5. The molecule has 0 amide bonds. The summed E-state index contributed by atoms with van der Waals surface area (Å²) in [6.45, 7) is -0.570. The predicted molar refractivity (Wildman–Crippen MR) is 107 cm³/mol. The van der Waals surface area contributed by atoms with Crippen LogP contribution in [-0.4, -0.2) is 28.8 Å². The number of ether oxygens (including phenoxy) is 1. The molecule has 0 unspecified atom stereocenters. The number of aromatic carboxylic acids is 1. The molecule has 27 heavy (non-hydrogen) atoms. The molecule has 4 aromatic rings. The first-order valence-corrected chi connectivity index (χ1v) is 9.76. The fourth-order valence-electron chi connectivity index (χ4n) is 2.97. The molecule has 0 aliphatic heterocycles. The van der Waals surface area contributed by atoms with Crippen LogP contribution in [0.3, 0.4) is 0 Å². The lowest BCUT2D eigenvalue weighted by molar-refractivity contribution is -0.139. The predicted octanol–water partition coefficient (Wildman–Crippen LogP) is 4.87. The molecule has 7 heteroatoms. The third-order valence-corrected chi connectivity index (χ3v) is 6.58. The van der Waals surface area contributed by atoms with E-state index in [4.69, 9.17) is 9.84 Å². The van der Waals surface area contributed by atoms with E-state index in [1.54, 1.807) is 0 Å². The standard InChI is InChI=1S/C20H14O5S2/c21-15(22)10-25-16-18-17(27-19(16)20(23)24)13-7-6-12(9-14(13)26-18)8-11-4-2-1-3-5-11/h1-7,9H,8,10H2,(H,21,22)(H,23,24). The van der Waals surface area contributed by atoms with Crippen LogP contribution in [0.5, 0.6) is 5.75 Å². The molecule has 2 heterocycles. The van der Waals surface area contributed by atoms with E-state index in [9.17, 15) is 14.7 Å². The van der Waals surface area contributed by atoms with E-state index < -0.39 is 18.5 Å². The van der Waals surface area contributed by atoms with Crippen molar-refractivity contribution in [3.8, 4) is 5.75 Å². The summed E-state index contributed by atoms with van der Waals surface area (Å²) in [5.74, 6) is -2.11. The van der Waals surface area contributed by atoms with Gasteiger partial charge >= 0.3 is 11.9 Å². The SMILES string of the molecule is O=C(O)COc1c(C(=O)O)sc2c1sc1cc(Cc3ccccc3)ccc12. The number of carboxylic acid groups (broad SMARTS) is 2. The molecular formula is C20H14O5S2. The largest absolute Gasteiger partial charge is 0.479 e. The van der Waals surface area contributed by atoms with E-state index in [1.165, 1.54) is 16.9 Å². The van der Waals surface area contributed by atoms with Crippen LogP contribution in [0.1, 0.15) is 20.8 Å². The van der Waals surface area contributed by atoms with Gasteiger partial charge in [-0.1, -0.05) is 42.5 Å². The summed E-state index contributed by atoms with van der Waals surface area (Å²) in [4.78, 5) is 22.4. The van der Waals surface area contributed by atoms with Gasteiger partial charge in [-0.3, -0.25) is 0 Å². The van der Waals surface area contributed by atoms with Crippen molar-refractivity contribution >= 4 is 54.1 Å². The second kappa shape index (κ2) is 7.02. The van der Waals surface area contributed by atoms with Gasteiger partial charge < -0.3 is 14.9 Å². The fraction of sp³-hybridized carbons (Fsp3) is 0.100. The summed E-state index contributed by atoms with van der Waals surface area (Å²) in [5, 5.41) is 19.2. The van der Waals surface area contributed by atoms with Crippen LogP contribution in [0.2, 0.25) is 0 Å². The van der Waals surface area contributed by atoms with Crippen LogP contribution in [0.25, 0.3) is 19.5 Å². The van der Waals surface area contributed by atoms with Crippen molar-refractivity contribution in [3.05, 3.63) is 64.5 Å². The Morgan fingerprint density at radius 2 is 1.70 bits per heavy atom. The topological polar surface area (TPSA) is 83.8 Å². The maximum absolute atomic E-state index is 11.5. The van der Waals surface area contributed by atoms with Crippen molar-refractivity contribution in [1.82, 2.24) is 0 Å². The number of thiophene rings is 2. The van der Waals surface area contributed by atoms with Gasteiger partial charge in [-0.05, 0) is 23.6 Å². The number of fused-ring (bicyclic) bond motifs is 3. The molecule has 0 fully saturated rings. The van der Waals surface area contributed by atoms with E-state index in [0.29, 0.717) is 4.70 Å². The van der Waals surface area contributed by atoms with E-state index >= 15 is 0 Å². The van der Waals surface area contributed by atoms with Crippen LogP contribution in [0.4, 0.5) is 0 Å². The number of hydrogen-bond acceptors (Lipinski definition) is 5. The second-order valence-electron chi connectivity index (χ2n) is 6.00. The van der Waals surface area contributed by atoms with Gasteiger partial charge in [0.25, 0.3) is 0 Å². The summed E-state index contributed by atoms with van der Waals surface area (Å²) in [5.41, 5.74) is 2.38. The normalized spacial score (nSPS) is 11.1. The first-order chi connectivity index (χ1) is 13.0. The maximum Gasteiger partial charge on any atom is 0.349 e. The zero-order valence-corrected chi connectivity index (χ0v) is 15.6. The Bertz CT molecular complexity index is 1160. The Labute approximate surface area is 162 Å². The summed E-state index contributed by atoms with van der Waals surface area (Å²) in [6.07, 6.45) is 0.811. The van der Waals surface area contributed by atoms with Gasteiger partial charge in [-0.15, -0.1) is 22.7 Å². The van der Waals surface area contributed by atoms with Crippen LogP contribution in [0, 0.1) is 0 Å². The maximum atomic E-state index is 11.5. The van der Waals surface area contributed by atoms with Gasteiger partial charge in [0.15, 0.2) is 17.2 Å². The van der Waals surface area contributed by atoms with Crippen molar-refractivity contribution in [2.75, 3.05) is 6.61 Å². The van der Waals surface area contributed by atoms with Gasteiger partial charge in [0.1, 0.15) is 0 Å². The molecule has 136 valence electrons. The van der Waals surface area contributed by atoms with Gasteiger partial charge in [0.2, 0.25) is 0 Å². The molecule has 0 radical (unpaired) electrons. The molecule has 2 N–H and O–H groups in total. The lowest BCUT2D eigenvalue weighted by Crippen LogP contribution is -2.10. The molecule has 2 aromatic carbocycles. The molecule has 0 atom stereocenters. The minimum Gasteiger partial charge on any atom is -0.479 e. The van der Waals surface area contributed by atoms with Gasteiger partial charge in [0, 0.05) is 10.1 Å². The highest BCUT2D eigenvalue weighted by molar-refractivity contribution is 7.33. The highest BCUT2D eigenvalue weighted by atomic mass is 32.1. The van der Waals surface area contributed by atoms with E-state index in [2.05, 4.69) is 18.2 Å². The molecule has 0 saturated heterocycles. The zero-order chi connectivity index (χ0) is 19.0. The Hall–Kier alpha value is -2.90. The van der Waals surface area contributed by atoms with Crippen molar-refractivity contribution < 1.29 is 24.5 Å². The second-order valence-corrected chi connectivity index (χ2v) is 8.07. The van der Waals surface area contributed by atoms with E-state index in [0.717, 1.165) is 38.1 Å². The quantitative estimate of drug-likeness (QED) is 0.484. The Morgan fingerprint density at radius 3 is 2.41 bits per heavy atom. The zero-order valence-electron chi connectivity index (χ0n) is 14.0. The average molecular weight is 398 g/mol. The molecule has 0 spiro atoms. The van der Waals surface area contributed by atoms with Gasteiger partial charge in [-0.25, -0.2) is 9.59 Å². The summed E-state index contributed by atoms with van der Waals surface area (Å²) in [7, 11) is 0. The third-order valence-electron chi connectivity index (χ3n) is 4.11. The average Bonchev–Trinajstić information content (AvgIpc) is 3.16. The molecule has 4 rings (SSSR count). The molecule has 2 aromatic heterocycles. The van der Waals surface area contributed by atoms with Crippen LogP contribution < -0.4 is 4.74 Å². The van der Waals surface area contributed by atoms with E-state index in [-0.39, 0.29) is 10.6 Å². The van der Waals surface area contributed by atoms with Crippen molar-refractivity contribution in [2.24, 2.45) is 0 Å². The fourth-order valence-corrected chi connectivity index (χ4v) is 5.53. The van der Waals surface area contributed by atoms with Crippen LogP contribution in [-0.2, 0) is 11.2 Å². The van der Waals surface area contributed by atoms with Crippen molar-refractivity contribution in [2.45, 2.75) is 6.42 Å². The molecule has 0 saturated carbocycles. The number of carboxylic acids is 2. The number of aliphatic carboxylic acids is 1. The monoisotopic (exact) mass is 398 g/mol. The highest BCUT2D eigenvalue weighted by Crippen LogP contribution is 2.47. The Balaban J connectivity index is 1.78. The number of rotatable bonds is 6. The Morgan fingerprint density at radius 1 is 0.926 bits per heavy atom. The van der Waals surface area contributed by atoms with Crippen LogP contribution in [0.15, 0.2) is 48.5 Å². The smallest absolute Gasteiger partial charge is 0.349 e. The number of carbonyl (C=O) groups is 2. The molecule has 0 aliphatic carbocycles. The third kappa shape index (κ3) is 3.39. The van der Waals surface area contributed by atoms with E-state index in [1.807, 2.05) is 30.3 Å². The molecule has 0 bridgehead atoms. The highest BCUT2D eigenvalue weighted by Gasteiger charge is 2.23. The van der Waals surface area contributed by atoms with Gasteiger partial charge in [-0.2, -0.15) is 0 Å². The molecular weight excluding hydrogens is 384 g/mol. The van der Waals surface area contributed by atoms with Gasteiger partial charge in [0.05, 0.1) is 9.40 Å². The minimum atomic E-state index is -1.14. The van der Waals surface area contributed by atoms with Crippen LogP contribution >= 0.6 is 22.7 Å². The summed E-state index contributed by atoms with van der Waals surface area (Å²) in [6, 6.07) is 16.3. The van der Waals surface area contributed by atoms with Crippen molar-refractivity contribution in [1.29, 1.82) is 0 Å². The summed E-state index contributed by atoms with van der Waals surface area (Å²) >= 11 is 2.55. The lowest BCUT2D eigenvalue weighted by Gasteiger charge is -2.02. The van der Waals surface area contributed by atoms with Crippen molar-refractivity contribution in [3.63, 3.8) is 0 Å². The number of benzene rings is 2. The minimum absolute atomic E-state index is 0.0350. The number of hydrogen-bond donors (Lipinski definition) is 2. The first-order valence-electron chi connectivity index (χ1n) is 8.12. The summed E-state index contributed by atoms with van der Waals surface area (Å²) < 4.78 is 7.84. The molecule has 0 aliphatic rings.